The summed E-state index contributed by atoms with van der Waals surface area (Å²) in [5.74, 6) is 0.676. The predicted octanol–water partition coefficient (Wildman–Crippen LogP) is 4.29. The Hall–Kier alpha value is -2.51. The smallest absolute Gasteiger partial charge is 0.173 e. The second-order valence-corrected chi connectivity index (χ2v) is 8.43. The van der Waals surface area contributed by atoms with Crippen LogP contribution in [0.15, 0.2) is 54.6 Å². The summed E-state index contributed by atoms with van der Waals surface area (Å²) in [6.07, 6.45) is 0.935. The molecule has 1 unspecified atom stereocenters. The summed E-state index contributed by atoms with van der Waals surface area (Å²) >= 11 is 0. The molecule has 0 radical (unpaired) electrons. The molecule has 4 rings (SSSR count). The first kappa shape index (κ1) is 23.2. The van der Waals surface area contributed by atoms with Gasteiger partial charge in [0, 0.05) is 31.9 Å². The van der Waals surface area contributed by atoms with Gasteiger partial charge in [-0.05, 0) is 60.5 Å². The molecule has 0 spiro atoms. The summed E-state index contributed by atoms with van der Waals surface area (Å²) in [7, 11) is 0. The van der Waals surface area contributed by atoms with Crippen LogP contribution >= 0.6 is 12.4 Å². The molecule has 1 aliphatic heterocycles. The van der Waals surface area contributed by atoms with E-state index in [1.54, 1.807) is 0 Å². The van der Waals surface area contributed by atoms with Crippen LogP contribution in [0.4, 0.5) is 10.1 Å². The number of piperazine rings is 1. The first-order valence-electron chi connectivity index (χ1n) is 10.6. The topological polar surface area (TPSA) is 50.1 Å². The van der Waals surface area contributed by atoms with E-state index >= 15 is 0 Å². The molecule has 1 atom stereocenters. The molecular formula is C23H30ClFN6. The van der Waals surface area contributed by atoms with Crippen molar-refractivity contribution in [2.45, 2.75) is 38.8 Å². The van der Waals surface area contributed by atoms with Crippen molar-refractivity contribution in [1.82, 2.24) is 25.1 Å². The van der Waals surface area contributed by atoms with Crippen LogP contribution in [-0.2, 0) is 5.54 Å². The van der Waals surface area contributed by atoms with Gasteiger partial charge in [-0.3, -0.25) is 4.90 Å². The molecule has 2 heterocycles. The highest BCUT2D eigenvalue weighted by molar-refractivity contribution is 5.85. The van der Waals surface area contributed by atoms with Gasteiger partial charge in [0.25, 0.3) is 0 Å². The van der Waals surface area contributed by atoms with Crippen molar-refractivity contribution in [3.8, 4) is 0 Å². The molecule has 1 saturated heterocycles. The molecule has 8 heteroatoms. The number of aromatic nitrogens is 4. The minimum absolute atomic E-state index is 0. The van der Waals surface area contributed by atoms with Gasteiger partial charge in [0.15, 0.2) is 5.82 Å². The second kappa shape index (κ2) is 9.75. The van der Waals surface area contributed by atoms with Crippen LogP contribution in [0.2, 0.25) is 0 Å². The molecule has 0 N–H and O–H groups in total. The van der Waals surface area contributed by atoms with Crippen LogP contribution in [0.1, 0.15) is 44.6 Å². The Morgan fingerprint density at radius 2 is 1.61 bits per heavy atom. The number of hydrogen-bond acceptors (Lipinski definition) is 5. The molecule has 0 saturated carbocycles. The zero-order valence-electron chi connectivity index (χ0n) is 18.3. The highest BCUT2D eigenvalue weighted by atomic mass is 35.5. The average Bonchev–Trinajstić information content (AvgIpc) is 3.26. The number of nitrogens with zero attached hydrogens (tertiary/aromatic N) is 6. The molecule has 166 valence electrons. The Morgan fingerprint density at radius 3 is 2.23 bits per heavy atom. The standard InChI is InChI=1S/C23H29FN6.ClH/c1-4-23(2,3)30-22(25-26-27-30)21(18-8-6-5-7-9-18)29-16-14-28(15-17-29)20-12-10-19(24)11-13-20;/h5-13,21H,4,14-17H2,1-3H3;1H. The lowest BCUT2D eigenvalue weighted by molar-refractivity contribution is 0.187. The highest BCUT2D eigenvalue weighted by Crippen LogP contribution is 2.32. The van der Waals surface area contributed by atoms with Gasteiger partial charge in [0.05, 0.1) is 11.6 Å². The summed E-state index contributed by atoms with van der Waals surface area (Å²) in [5.41, 5.74) is 2.09. The molecule has 6 nitrogen and oxygen atoms in total. The number of rotatable bonds is 6. The van der Waals surface area contributed by atoms with Gasteiger partial charge in [-0.2, -0.15) is 0 Å². The number of halogens is 2. The van der Waals surface area contributed by atoms with Crippen molar-refractivity contribution in [1.29, 1.82) is 0 Å². The van der Waals surface area contributed by atoms with Gasteiger partial charge in [0.1, 0.15) is 5.82 Å². The number of hydrogen-bond donors (Lipinski definition) is 0. The van der Waals surface area contributed by atoms with E-state index in [-0.39, 0.29) is 29.8 Å². The lowest BCUT2D eigenvalue weighted by atomic mass is 9.99. The third-order valence-corrected chi connectivity index (χ3v) is 6.16. The molecule has 0 amide bonds. The van der Waals surface area contributed by atoms with Crippen molar-refractivity contribution < 1.29 is 4.39 Å². The maximum atomic E-state index is 13.3. The minimum atomic E-state index is -0.202. The lowest BCUT2D eigenvalue weighted by Crippen LogP contribution is -2.48. The van der Waals surface area contributed by atoms with Crippen LogP contribution in [-0.4, -0.2) is 51.3 Å². The molecule has 0 bridgehead atoms. The SMILES string of the molecule is CCC(C)(C)n1nnnc1C(c1ccccc1)N1CCN(c2ccc(F)cc2)CC1.Cl. The van der Waals surface area contributed by atoms with Crippen LogP contribution in [0.5, 0.6) is 0 Å². The fraction of sp³-hybridized carbons (Fsp3) is 0.435. The van der Waals surface area contributed by atoms with Gasteiger partial charge in [-0.15, -0.1) is 17.5 Å². The predicted molar refractivity (Wildman–Crippen MR) is 123 cm³/mol. The van der Waals surface area contributed by atoms with Gasteiger partial charge in [0.2, 0.25) is 0 Å². The van der Waals surface area contributed by atoms with Gasteiger partial charge in [-0.25, -0.2) is 9.07 Å². The minimum Gasteiger partial charge on any atom is -0.369 e. The van der Waals surface area contributed by atoms with Crippen molar-refractivity contribution in [2.75, 3.05) is 31.1 Å². The van der Waals surface area contributed by atoms with Crippen LogP contribution in [0.3, 0.4) is 0 Å². The average molecular weight is 445 g/mol. The molecule has 2 aromatic carbocycles. The van der Waals surface area contributed by atoms with E-state index in [1.165, 1.54) is 17.7 Å². The quantitative estimate of drug-likeness (QED) is 0.567. The summed E-state index contributed by atoms with van der Waals surface area (Å²) in [4.78, 5) is 4.75. The number of benzene rings is 2. The maximum Gasteiger partial charge on any atom is 0.173 e. The fourth-order valence-corrected chi connectivity index (χ4v) is 3.99. The largest absolute Gasteiger partial charge is 0.369 e. The van der Waals surface area contributed by atoms with Crippen molar-refractivity contribution in [3.05, 3.63) is 71.8 Å². The van der Waals surface area contributed by atoms with Gasteiger partial charge < -0.3 is 4.90 Å². The summed E-state index contributed by atoms with van der Waals surface area (Å²) in [6.45, 7) is 9.97. The summed E-state index contributed by atoms with van der Waals surface area (Å²) in [6, 6.07) is 17.2. The molecule has 1 aliphatic rings. The van der Waals surface area contributed by atoms with E-state index in [1.807, 2.05) is 22.9 Å². The Labute approximate surface area is 189 Å². The van der Waals surface area contributed by atoms with E-state index in [4.69, 9.17) is 0 Å². The Kier molecular flexibility index (Phi) is 7.28. The highest BCUT2D eigenvalue weighted by Gasteiger charge is 2.34. The Morgan fingerprint density at radius 1 is 0.968 bits per heavy atom. The molecular weight excluding hydrogens is 415 g/mol. The van der Waals surface area contributed by atoms with Crippen molar-refractivity contribution in [3.63, 3.8) is 0 Å². The number of tetrazole rings is 1. The molecule has 31 heavy (non-hydrogen) atoms. The normalized spacial score (nSPS) is 16.1. The first-order chi connectivity index (χ1) is 14.5. The lowest BCUT2D eigenvalue weighted by Gasteiger charge is -2.40. The zero-order chi connectivity index (χ0) is 21.1. The van der Waals surface area contributed by atoms with Crippen LogP contribution in [0, 0.1) is 5.82 Å². The monoisotopic (exact) mass is 444 g/mol. The van der Waals surface area contributed by atoms with E-state index in [9.17, 15) is 4.39 Å². The van der Waals surface area contributed by atoms with E-state index in [0.717, 1.165) is 44.1 Å². The summed E-state index contributed by atoms with van der Waals surface area (Å²) < 4.78 is 15.3. The third kappa shape index (κ3) is 4.88. The molecule has 3 aromatic rings. The first-order valence-corrected chi connectivity index (χ1v) is 10.6. The summed E-state index contributed by atoms with van der Waals surface area (Å²) in [5, 5.41) is 12.9. The second-order valence-electron chi connectivity index (χ2n) is 8.43. The molecule has 0 aliphatic carbocycles. The molecule has 1 fully saturated rings. The van der Waals surface area contributed by atoms with E-state index < -0.39 is 0 Å². The third-order valence-electron chi connectivity index (χ3n) is 6.16. The van der Waals surface area contributed by atoms with Crippen LogP contribution in [0.25, 0.3) is 0 Å². The van der Waals surface area contributed by atoms with E-state index in [0.29, 0.717) is 0 Å². The fourth-order valence-electron chi connectivity index (χ4n) is 3.99. The van der Waals surface area contributed by atoms with Crippen molar-refractivity contribution >= 4 is 18.1 Å². The van der Waals surface area contributed by atoms with Gasteiger partial charge in [-0.1, -0.05) is 37.3 Å². The van der Waals surface area contributed by atoms with Crippen molar-refractivity contribution in [2.24, 2.45) is 0 Å². The Balaban J connectivity index is 0.00000272. The zero-order valence-corrected chi connectivity index (χ0v) is 19.1. The van der Waals surface area contributed by atoms with E-state index in [2.05, 4.69) is 70.4 Å². The van der Waals surface area contributed by atoms with Crippen LogP contribution < -0.4 is 4.90 Å². The Bertz CT molecular complexity index is 952. The number of anilines is 1. The van der Waals surface area contributed by atoms with Gasteiger partial charge >= 0.3 is 0 Å². The molecule has 1 aromatic heterocycles. The maximum absolute atomic E-state index is 13.3.